The second kappa shape index (κ2) is 4.11. The standard InChI is InChI=1S/C11H11N3O2S/c1-17(15,16)14-11-9(6-7-12)8-4-2-3-5-10(8)13-11/h2-5,13-14H,6H2,1H3. The number of hydrogen-bond donors (Lipinski definition) is 2. The van der Waals surface area contributed by atoms with Crippen molar-refractivity contribution in [3.05, 3.63) is 29.8 Å². The van der Waals surface area contributed by atoms with Crippen LogP contribution in [0.3, 0.4) is 0 Å². The van der Waals surface area contributed by atoms with E-state index in [0.29, 0.717) is 11.4 Å². The third-order valence-corrected chi connectivity index (χ3v) is 2.93. The molecule has 1 aromatic heterocycles. The Kier molecular flexibility index (Phi) is 2.77. The van der Waals surface area contributed by atoms with E-state index in [1.807, 2.05) is 30.3 Å². The van der Waals surface area contributed by atoms with Crippen molar-refractivity contribution in [3.63, 3.8) is 0 Å². The first-order valence-electron chi connectivity index (χ1n) is 4.95. The molecule has 0 atom stereocenters. The zero-order chi connectivity index (χ0) is 12.5. The van der Waals surface area contributed by atoms with Gasteiger partial charge in [0.2, 0.25) is 10.0 Å². The number of anilines is 1. The Morgan fingerprint density at radius 2 is 2.12 bits per heavy atom. The van der Waals surface area contributed by atoms with Crippen LogP contribution in [0, 0.1) is 11.3 Å². The molecular weight excluding hydrogens is 238 g/mol. The Bertz CT molecular complexity index is 695. The van der Waals surface area contributed by atoms with Crippen molar-refractivity contribution in [2.75, 3.05) is 11.0 Å². The number of hydrogen-bond acceptors (Lipinski definition) is 3. The summed E-state index contributed by atoms with van der Waals surface area (Å²) in [6, 6.07) is 9.42. The molecule has 17 heavy (non-hydrogen) atoms. The molecule has 2 N–H and O–H groups in total. The number of rotatable bonds is 3. The van der Waals surface area contributed by atoms with Crippen LogP contribution in [-0.2, 0) is 16.4 Å². The van der Waals surface area contributed by atoms with E-state index in [9.17, 15) is 8.42 Å². The minimum Gasteiger partial charge on any atom is -0.341 e. The van der Waals surface area contributed by atoms with Gasteiger partial charge in [-0.2, -0.15) is 5.26 Å². The van der Waals surface area contributed by atoms with E-state index in [4.69, 9.17) is 5.26 Å². The third-order valence-electron chi connectivity index (χ3n) is 2.36. The topological polar surface area (TPSA) is 85.8 Å². The van der Waals surface area contributed by atoms with Gasteiger partial charge in [0.15, 0.2) is 0 Å². The lowest BCUT2D eigenvalue weighted by Crippen LogP contribution is -2.11. The molecule has 88 valence electrons. The molecule has 0 radical (unpaired) electrons. The van der Waals surface area contributed by atoms with Gasteiger partial charge in [-0.05, 0) is 6.07 Å². The van der Waals surface area contributed by atoms with Gasteiger partial charge < -0.3 is 4.98 Å². The Morgan fingerprint density at radius 1 is 1.41 bits per heavy atom. The van der Waals surface area contributed by atoms with Crippen molar-refractivity contribution in [1.82, 2.24) is 4.98 Å². The lowest BCUT2D eigenvalue weighted by molar-refractivity contribution is 0.606. The molecule has 0 aliphatic carbocycles. The van der Waals surface area contributed by atoms with Gasteiger partial charge in [-0.3, -0.25) is 4.72 Å². The predicted octanol–water partition coefficient (Wildman–Crippen LogP) is 1.61. The normalized spacial score (nSPS) is 11.3. The molecule has 0 bridgehead atoms. The number of nitriles is 1. The first-order valence-corrected chi connectivity index (χ1v) is 6.85. The number of sulfonamides is 1. The summed E-state index contributed by atoms with van der Waals surface area (Å²) >= 11 is 0. The average molecular weight is 249 g/mol. The van der Waals surface area contributed by atoms with Gasteiger partial charge in [0, 0.05) is 16.5 Å². The van der Waals surface area contributed by atoms with Crippen LogP contribution in [-0.4, -0.2) is 19.7 Å². The molecule has 1 heterocycles. The number of aromatic nitrogens is 1. The fourth-order valence-corrected chi connectivity index (χ4v) is 2.28. The van der Waals surface area contributed by atoms with Crippen molar-refractivity contribution in [2.45, 2.75) is 6.42 Å². The Labute approximate surface area is 99.1 Å². The molecule has 0 saturated carbocycles. The van der Waals surface area contributed by atoms with Crippen molar-refractivity contribution in [3.8, 4) is 6.07 Å². The number of nitrogens with one attached hydrogen (secondary N) is 2. The van der Waals surface area contributed by atoms with Crippen molar-refractivity contribution < 1.29 is 8.42 Å². The monoisotopic (exact) mass is 249 g/mol. The van der Waals surface area contributed by atoms with Crippen LogP contribution < -0.4 is 4.72 Å². The van der Waals surface area contributed by atoms with Crippen LogP contribution in [0.4, 0.5) is 5.82 Å². The van der Waals surface area contributed by atoms with Gasteiger partial charge in [-0.15, -0.1) is 0 Å². The zero-order valence-electron chi connectivity index (χ0n) is 9.19. The van der Waals surface area contributed by atoms with Gasteiger partial charge >= 0.3 is 0 Å². The maximum Gasteiger partial charge on any atom is 0.230 e. The fraction of sp³-hybridized carbons (Fsp3) is 0.182. The molecule has 2 rings (SSSR count). The zero-order valence-corrected chi connectivity index (χ0v) is 10.0. The van der Waals surface area contributed by atoms with E-state index in [1.54, 1.807) is 0 Å². The molecule has 0 amide bonds. The number of aromatic amines is 1. The maximum atomic E-state index is 11.2. The summed E-state index contributed by atoms with van der Waals surface area (Å²) in [6.45, 7) is 0. The smallest absolute Gasteiger partial charge is 0.230 e. The van der Waals surface area contributed by atoms with Gasteiger partial charge in [0.25, 0.3) is 0 Å². The molecule has 1 aromatic carbocycles. The van der Waals surface area contributed by atoms with E-state index in [2.05, 4.69) is 9.71 Å². The van der Waals surface area contributed by atoms with Crippen LogP contribution in [0.25, 0.3) is 10.9 Å². The predicted molar refractivity (Wildman–Crippen MR) is 66.1 cm³/mol. The third kappa shape index (κ3) is 2.40. The van der Waals surface area contributed by atoms with Crippen molar-refractivity contribution >= 4 is 26.7 Å². The Morgan fingerprint density at radius 3 is 2.76 bits per heavy atom. The highest BCUT2D eigenvalue weighted by molar-refractivity contribution is 7.92. The molecule has 0 aliphatic heterocycles. The van der Waals surface area contributed by atoms with Crippen LogP contribution in [0.1, 0.15) is 5.56 Å². The van der Waals surface area contributed by atoms with E-state index in [-0.39, 0.29) is 6.42 Å². The molecule has 0 saturated heterocycles. The molecular formula is C11H11N3O2S. The highest BCUT2D eigenvalue weighted by Crippen LogP contribution is 2.26. The van der Waals surface area contributed by atoms with Crippen LogP contribution in [0.2, 0.25) is 0 Å². The molecule has 5 nitrogen and oxygen atoms in total. The largest absolute Gasteiger partial charge is 0.341 e. The van der Waals surface area contributed by atoms with E-state index >= 15 is 0 Å². The van der Waals surface area contributed by atoms with E-state index in [1.165, 1.54) is 0 Å². The molecule has 0 spiro atoms. The van der Waals surface area contributed by atoms with Crippen LogP contribution in [0.5, 0.6) is 0 Å². The van der Waals surface area contributed by atoms with Gasteiger partial charge in [0.05, 0.1) is 18.7 Å². The lowest BCUT2D eigenvalue weighted by atomic mass is 10.1. The van der Waals surface area contributed by atoms with Gasteiger partial charge in [0.1, 0.15) is 5.82 Å². The molecule has 2 aromatic rings. The van der Waals surface area contributed by atoms with E-state index < -0.39 is 10.0 Å². The number of H-pyrrole nitrogens is 1. The highest BCUT2D eigenvalue weighted by atomic mass is 32.2. The lowest BCUT2D eigenvalue weighted by Gasteiger charge is -2.02. The van der Waals surface area contributed by atoms with Crippen molar-refractivity contribution in [2.24, 2.45) is 0 Å². The summed E-state index contributed by atoms with van der Waals surface area (Å²) in [5, 5.41) is 9.64. The quantitative estimate of drug-likeness (QED) is 0.866. The van der Waals surface area contributed by atoms with Crippen LogP contribution >= 0.6 is 0 Å². The Balaban J connectivity index is 2.62. The maximum absolute atomic E-state index is 11.2. The molecule has 0 aliphatic rings. The second-order valence-electron chi connectivity index (χ2n) is 3.73. The highest BCUT2D eigenvalue weighted by Gasteiger charge is 2.13. The fourth-order valence-electron chi connectivity index (χ4n) is 1.74. The summed E-state index contributed by atoms with van der Waals surface area (Å²) in [5.74, 6) is 0.371. The number of fused-ring (bicyclic) bond motifs is 1. The summed E-state index contributed by atoms with van der Waals surface area (Å²) in [4.78, 5) is 2.96. The second-order valence-corrected chi connectivity index (χ2v) is 5.48. The summed E-state index contributed by atoms with van der Waals surface area (Å²) in [7, 11) is -3.36. The number of benzene rings is 1. The minimum absolute atomic E-state index is 0.155. The van der Waals surface area contributed by atoms with Crippen LogP contribution in [0.15, 0.2) is 24.3 Å². The Hall–Kier alpha value is -2.00. The molecule has 0 fully saturated rings. The summed E-state index contributed by atoms with van der Waals surface area (Å²) < 4.78 is 24.8. The number of para-hydroxylation sites is 1. The first kappa shape index (κ1) is 11.5. The summed E-state index contributed by atoms with van der Waals surface area (Å²) in [5.41, 5.74) is 1.48. The SMILES string of the molecule is CS(=O)(=O)Nc1[nH]c2ccccc2c1CC#N. The number of nitrogens with zero attached hydrogens (tertiary/aromatic N) is 1. The van der Waals surface area contributed by atoms with Gasteiger partial charge in [-0.1, -0.05) is 18.2 Å². The van der Waals surface area contributed by atoms with E-state index in [0.717, 1.165) is 17.2 Å². The molecule has 0 unspecified atom stereocenters. The minimum atomic E-state index is -3.36. The van der Waals surface area contributed by atoms with Gasteiger partial charge in [-0.25, -0.2) is 8.42 Å². The summed E-state index contributed by atoms with van der Waals surface area (Å²) in [6.07, 6.45) is 1.23. The van der Waals surface area contributed by atoms with Crippen molar-refractivity contribution in [1.29, 1.82) is 5.26 Å². The first-order chi connectivity index (χ1) is 8.01. The average Bonchev–Trinajstić information content (AvgIpc) is 2.55. The molecule has 6 heteroatoms.